The molecule has 0 unspecified atom stereocenters. The Morgan fingerprint density at radius 2 is 1.62 bits per heavy atom. The second-order valence-electron chi connectivity index (χ2n) is 5.49. The Labute approximate surface area is 125 Å². The average Bonchev–Trinajstić information content (AvgIpc) is 3.31. The van der Waals surface area contributed by atoms with Crippen LogP contribution in [-0.2, 0) is 10.2 Å². The van der Waals surface area contributed by atoms with Crippen LogP contribution in [0.3, 0.4) is 0 Å². The minimum absolute atomic E-state index is 0.00208. The molecule has 0 aliphatic heterocycles. The normalized spacial score (nSPS) is 18.8. The van der Waals surface area contributed by atoms with E-state index < -0.39 is 0 Å². The first-order chi connectivity index (χ1) is 10.3. The maximum absolute atomic E-state index is 12.4. The van der Waals surface area contributed by atoms with Crippen LogP contribution in [-0.4, -0.2) is 12.5 Å². The summed E-state index contributed by atoms with van der Waals surface area (Å²) in [7, 11) is 0. The van der Waals surface area contributed by atoms with E-state index in [1.165, 1.54) is 11.1 Å². The van der Waals surface area contributed by atoms with Gasteiger partial charge < -0.3 is 5.32 Å². The summed E-state index contributed by atoms with van der Waals surface area (Å²) in [6.07, 6.45) is 2.58. The van der Waals surface area contributed by atoms with Crippen LogP contribution in [0.4, 0.5) is 0 Å². The Kier molecular flexibility index (Phi) is 3.61. The van der Waals surface area contributed by atoms with Crippen LogP contribution >= 0.6 is 0 Å². The molecule has 0 radical (unpaired) electrons. The molecule has 2 aromatic carbocycles. The van der Waals surface area contributed by atoms with Crippen molar-refractivity contribution in [3.05, 3.63) is 84.4 Å². The van der Waals surface area contributed by atoms with Crippen LogP contribution in [0.25, 0.3) is 0 Å². The van der Waals surface area contributed by atoms with E-state index in [1.54, 1.807) is 6.08 Å². The molecular weight excluding hydrogens is 258 g/mol. The van der Waals surface area contributed by atoms with Gasteiger partial charge in [0.2, 0.25) is 5.91 Å². The number of nitrogens with one attached hydrogen (secondary N) is 1. The maximum atomic E-state index is 12.4. The molecule has 1 N–H and O–H groups in total. The van der Waals surface area contributed by atoms with Crippen molar-refractivity contribution in [3.63, 3.8) is 0 Å². The summed E-state index contributed by atoms with van der Waals surface area (Å²) in [5.41, 5.74) is 2.26. The third-order valence-electron chi connectivity index (χ3n) is 4.28. The Morgan fingerprint density at radius 3 is 2.10 bits per heavy atom. The number of hydrogen-bond donors (Lipinski definition) is 1. The average molecular weight is 277 g/mol. The predicted molar refractivity (Wildman–Crippen MR) is 85.0 cm³/mol. The molecule has 0 heterocycles. The van der Waals surface area contributed by atoms with Crippen LogP contribution in [0, 0.1) is 5.92 Å². The highest BCUT2D eigenvalue weighted by Crippen LogP contribution is 2.58. The van der Waals surface area contributed by atoms with E-state index in [1.807, 2.05) is 36.4 Å². The number of rotatable bonds is 5. The lowest BCUT2D eigenvalue weighted by atomic mass is 9.85. The zero-order chi connectivity index (χ0) is 14.7. The van der Waals surface area contributed by atoms with E-state index in [4.69, 9.17) is 0 Å². The molecule has 1 aliphatic rings. The summed E-state index contributed by atoms with van der Waals surface area (Å²) < 4.78 is 0. The molecule has 1 aliphatic carbocycles. The number of amides is 1. The monoisotopic (exact) mass is 277 g/mol. The summed E-state index contributed by atoms with van der Waals surface area (Å²) in [6, 6.07) is 20.7. The molecule has 0 aromatic heterocycles. The van der Waals surface area contributed by atoms with Gasteiger partial charge in [-0.15, -0.1) is 6.58 Å². The maximum Gasteiger partial charge on any atom is 0.224 e. The van der Waals surface area contributed by atoms with E-state index in [0.717, 1.165) is 6.42 Å². The predicted octanol–water partition coefficient (Wildman–Crippen LogP) is 3.29. The SMILES string of the molecule is C=CCNC(=O)[C@H]1CC1(c1ccccc1)c1ccccc1. The highest BCUT2D eigenvalue weighted by Gasteiger charge is 2.59. The van der Waals surface area contributed by atoms with E-state index >= 15 is 0 Å². The molecule has 1 fully saturated rings. The number of hydrogen-bond acceptors (Lipinski definition) is 1. The zero-order valence-electron chi connectivity index (χ0n) is 12.0. The van der Waals surface area contributed by atoms with Crippen molar-refractivity contribution in [1.29, 1.82) is 0 Å². The Balaban J connectivity index is 1.96. The summed E-state index contributed by atoms with van der Waals surface area (Å²) in [4.78, 5) is 12.4. The molecule has 1 amide bonds. The van der Waals surface area contributed by atoms with Crippen molar-refractivity contribution in [3.8, 4) is 0 Å². The van der Waals surface area contributed by atoms with Crippen molar-refractivity contribution in [2.45, 2.75) is 11.8 Å². The van der Waals surface area contributed by atoms with Crippen LogP contribution < -0.4 is 5.32 Å². The van der Waals surface area contributed by atoms with Crippen molar-refractivity contribution in [2.24, 2.45) is 5.92 Å². The molecule has 0 bridgehead atoms. The highest BCUT2D eigenvalue weighted by molar-refractivity contribution is 5.86. The Morgan fingerprint density at radius 1 is 1.10 bits per heavy atom. The number of carbonyl (C=O) groups is 1. The molecule has 1 saturated carbocycles. The van der Waals surface area contributed by atoms with E-state index in [0.29, 0.717) is 6.54 Å². The van der Waals surface area contributed by atoms with Gasteiger partial charge in [0.25, 0.3) is 0 Å². The Hall–Kier alpha value is -2.35. The molecule has 0 saturated heterocycles. The first-order valence-corrected chi connectivity index (χ1v) is 7.28. The number of carbonyl (C=O) groups excluding carboxylic acids is 1. The lowest BCUT2D eigenvalue weighted by Gasteiger charge is -2.18. The van der Waals surface area contributed by atoms with Gasteiger partial charge in [-0.05, 0) is 17.5 Å². The second-order valence-corrected chi connectivity index (χ2v) is 5.49. The topological polar surface area (TPSA) is 29.1 Å². The summed E-state index contributed by atoms with van der Waals surface area (Å²) >= 11 is 0. The Bertz CT molecular complexity index is 594. The van der Waals surface area contributed by atoms with Crippen LogP contribution in [0.1, 0.15) is 17.5 Å². The van der Waals surface area contributed by atoms with Gasteiger partial charge in [0.15, 0.2) is 0 Å². The highest BCUT2D eigenvalue weighted by atomic mass is 16.2. The molecule has 21 heavy (non-hydrogen) atoms. The standard InChI is InChI=1S/C19H19NO/c1-2-13-20-18(21)17-14-19(17,15-9-5-3-6-10-15)16-11-7-4-8-12-16/h2-12,17H,1,13-14H2,(H,20,21)/t17-/m1/s1. The van der Waals surface area contributed by atoms with Crippen molar-refractivity contribution < 1.29 is 4.79 Å². The third-order valence-corrected chi connectivity index (χ3v) is 4.28. The van der Waals surface area contributed by atoms with Crippen LogP contribution in [0.2, 0.25) is 0 Å². The fourth-order valence-electron chi connectivity index (χ4n) is 3.15. The molecule has 2 heteroatoms. The lowest BCUT2D eigenvalue weighted by Crippen LogP contribution is -2.29. The van der Waals surface area contributed by atoms with E-state index in [9.17, 15) is 4.79 Å². The van der Waals surface area contributed by atoms with Crippen molar-refractivity contribution >= 4 is 5.91 Å². The zero-order valence-corrected chi connectivity index (χ0v) is 12.0. The number of benzene rings is 2. The fourth-order valence-corrected chi connectivity index (χ4v) is 3.15. The van der Waals surface area contributed by atoms with Gasteiger partial charge in [0, 0.05) is 12.0 Å². The summed E-state index contributed by atoms with van der Waals surface area (Å²) in [5.74, 6) is 0.116. The van der Waals surface area contributed by atoms with E-state index in [-0.39, 0.29) is 17.2 Å². The summed E-state index contributed by atoms with van der Waals surface area (Å²) in [6.45, 7) is 4.17. The molecule has 1 atom stereocenters. The van der Waals surface area contributed by atoms with E-state index in [2.05, 4.69) is 36.2 Å². The third kappa shape index (κ3) is 2.38. The van der Waals surface area contributed by atoms with Crippen molar-refractivity contribution in [2.75, 3.05) is 6.54 Å². The fraction of sp³-hybridized carbons (Fsp3) is 0.211. The minimum Gasteiger partial charge on any atom is -0.352 e. The van der Waals surface area contributed by atoms with Gasteiger partial charge >= 0.3 is 0 Å². The van der Waals surface area contributed by atoms with Crippen molar-refractivity contribution in [1.82, 2.24) is 5.32 Å². The van der Waals surface area contributed by atoms with Crippen LogP contribution in [0.15, 0.2) is 73.3 Å². The molecular formula is C19H19NO. The quantitative estimate of drug-likeness (QED) is 0.835. The largest absolute Gasteiger partial charge is 0.352 e. The summed E-state index contributed by atoms with van der Waals surface area (Å²) in [5, 5.41) is 2.93. The molecule has 0 spiro atoms. The smallest absolute Gasteiger partial charge is 0.224 e. The first kappa shape index (κ1) is 13.6. The minimum atomic E-state index is -0.173. The van der Waals surface area contributed by atoms with Gasteiger partial charge in [0.1, 0.15) is 0 Å². The molecule has 106 valence electrons. The first-order valence-electron chi connectivity index (χ1n) is 7.28. The van der Waals surface area contributed by atoms with Gasteiger partial charge in [0.05, 0.1) is 5.92 Å². The van der Waals surface area contributed by atoms with Gasteiger partial charge in [-0.2, -0.15) is 0 Å². The second kappa shape index (κ2) is 5.57. The molecule has 3 rings (SSSR count). The van der Waals surface area contributed by atoms with Crippen LogP contribution in [0.5, 0.6) is 0 Å². The lowest BCUT2D eigenvalue weighted by molar-refractivity contribution is -0.122. The molecule has 2 aromatic rings. The van der Waals surface area contributed by atoms with Gasteiger partial charge in [-0.1, -0.05) is 66.7 Å². The van der Waals surface area contributed by atoms with Gasteiger partial charge in [-0.3, -0.25) is 4.79 Å². The molecule has 2 nitrogen and oxygen atoms in total. The van der Waals surface area contributed by atoms with Gasteiger partial charge in [-0.25, -0.2) is 0 Å².